The fraction of sp³-hybridized carbons (Fsp3) is 0.357. The molecule has 0 saturated carbocycles. The first-order chi connectivity index (χ1) is 9.74. The zero-order valence-electron chi connectivity index (χ0n) is 11.4. The molecule has 20 heavy (non-hydrogen) atoms. The topological polar surface area (TPSA) is 64.8 Å². The van der Waals surface area contributed by atoms with E-state index < -0.39 is 0 Å². The molecule has 0 aromatic heterocycles. The van der Waals surface area contributed by atoms with Gasteiger partial charge in [0.15, 0.2) is 0 Å². The highest BCUT2D eigenvalue weighted by atomic mass is 19.1. The monoisotopic (exact) mass is 282 g/mol. The van der Waals surface area contributed by atoms with Crippen molar-refractivity contribution < 1.29 is 18.7 Å². The molecule has 1 amide bonds. The Morgan fingerprint density at radius 1 is 1.40 bits per heavy atom. The Labute approximate surface area is 117 Å². The molecule has 0 aliphatic heterocycles. The molecule has 0 fully saturated rings. The van der Waals surface area contributed by atoms with Crippen LogP contribution in [0, 0.1) is 0 Å². The van der Waals surface area contributed by atoms with Gasteiger partial charge in [-0.25, -0.2) is 4.39 Å². The van der Waals surface area contributed by atoms with Crippen molar-refractivity contribution >= 4 is 12.1 Å². The highest BCUT2D eigenvalue weighted by Crippen LogP contribution is 2.19. The Balaban J connectivity index is 2.61. The summed E-state index contributed by atoms with van der Waals surface area (Å²) in [7, 11) is 1.58. The first-order valence-corrected chi connectivity index (χ1v) is 6.17. The predicted octanol–water partition coefficient (Wildman–Crippen LogP) is 1.49. The number of anilines is 1. The molecular formula is C14H19FN2O3. The molecule has 0 saturated heterocycles. The minimum Gasteiger partial charge on any atom is -0.489 e. The van der Waals surface area contributed by atoms with Gasteiger partial charge in [-0.3, -0.25) is 4.79 Å². The molecule has 6 heteroatoms. The van der Waals surface area contributed by atoms with Gasteiger partial charge in [-0.1, -0.05) is 0 Å². The maximum Gasteiger partial charge on any atom is 0.214 e. The van der Waals surface area contributed by atoms with E-state index in [2.05, 4.69) is 0 Å². The summed E-state index contributed by atoms with van der Waals surface area (Å²) in [5, 5.41) is 0. The summed E-state index contributed by atoms with van der Waals surface area (Å²) in [6.07, 6.45) is 1.19. The molecular weight excluding hydrogens is 263 g/mol. The SMILES string of the molecule is COCCN(C=O)c1ccc(OC/C(=C\F)CN)cc1. The third-order valence-electron chi connectivity index (χ3n) is 2.67. The number of carbonyl (C=O) groups is 1. The summed E-state index contributed by atoms with van der Waals surface area (Å²) >= 11 is 0. The first kappa shape index (κ1) is 16.1. The number of rotatable bonds is 9. The Bertz CT molecular complexity index is 435. The average molecular weight is 282 g/mol. The highest BCUT2D eigenvalue weighted by Gasteiger charge is 2.05. The van der Waals surface area contributed by atoms with Crippen molar-refractivity contribution in [3.8, 4) is 5.75 Å². The Kier molecular flexibility index (Phi) is 7.31. The van der Waals surface area contributed by atoms with E-state index in [1.807, 2.05) is 0 Å². The molecule has 1 rings (SSSR count). The van der Waals surface area contributed by atoms with Gasteiger partial charge < -0.3 is 20.1 Å². The molecule has 0 spiro atoms. The zero-order chi connectivity index (χ0) is 14.8. The number of hydrogen-bond donors (Lipinski definition) is 1. The number of benzene rings is 1. The third-order valence-corrected chi connectivity index (χ3v) is 2.67. The van der Waals surface area contributed by atoms with Crippen molar-refractivity contribution in [2.45, 2.75) is 0 Å². The summed E-state index contributed by atoms with van der Waals surface area (Å²) < 4.78 is 22.6. The smallest absolute Gasteiger partial charge is 0.214 e. The quantitative estimate of drug-likeness (QED) is 0.697. The van der Waals surface area contributed by atoms with Crippen LogP contribution in [0.25, 0.3) is 0 Å². The van der Waals surface area contributed by atoms with Crippen molar-refractivity contribution in [2.24, 2.45) is 5.73 Å². The minimum absolute atomic E-state index is 0.105. The molecule has 0 bridgehead atoms. The Morgan fingerprint density at radius 2 is 2.10 bits per heavy atom. The molecule has 1 aromatic rings. The fourth-order valence-electron chi connectivity index (χ4n) is 1.48. The number of methoxy groups -OCH3 is 1. The normalized spacial score (nSPS) is 11.2. The number of ether oxygens (including phenoxy) is 2. The van der Waals surface area contributed by atoms with Crippen LogP contribution in [-0.4, -0.2) is 39.8 Å². The molecule has 0 aliphatic rings. The van der Waals surface area contributed by atoms with E-state index in [-0.39, 0.29) is 13.2 Å². The molecule has 2 N–H and O–H groups in total. The van der Waals surface area contributed by atoms with Crippen molar-refractivity contribution in [1.82, 2.24) is 0 Å². The predicted molar refractivity (Wildman–Crippen MR) is 75.5 cm³/mol. The maximum atomic E-state index is 12.3. The number of hydrogen-bond acceptors (Lipinski definition) is 4. The van der Waals surface area contributed by atoms with Gasteiger partial charge in [-0.15, -0.1) is 0 Å². The molecule has 0 atom stereocenters. The van der Waals surface area contributed by atoms with Gasteiger partial charge in [0.05, 0.1) is 12.9 Å². The molecule has 5 nitrogen and oxygen atoms in total. The van der Waals surface area contributed by atoms with E-state index in [1.165, 1.54) is 4.90 Å². The van der Waals surface area contributed by atoms with Crippen molar-refractivity contribution in [2.75, 3.05) is 38.3 Å². The number of carbonyl (C=O) groups excluding carboxylic acids is 1. The van der Waals surface area contributed by atoms with Gasteiger partial charge in [0.1, 0.15) is 12.4 Å². The van der Waals surface area contributed by atoms with E-state index in [4.69, 9.17) is 15.2 Å². The molecule has 1 aromatic carbocycles. The van der Waals surface area contributed by atoms with Crippen molar-refractivity contribution in [3.63, 3.8) is 0 Å². The molecule has 0 radical (unpaired) electrons. The highest BCUT2D eigenvalue weighted by molar-refractivity contribution is 5.75. The van der Waals surface area contributed by atoms with E-state index in [1.54, 1.807) is 31.4 Å². The molecule has 0 aliphatic carbocycles. The van der Waals surface area contributed by atoms with Crippen LogP contribution >= 0.6 is 0 Å². The van der Waals surface area contributed by atoms with Crippen LogP contribution in [0.5, 0.6) is 5.75 Å². The summed E-state index contributed by atoms with van der Waals surface area (Å²) in [6.45, 7) is 1.15. The summed E-state index contributed by atoms with van der Waals surface area (Å²) in [4.78, 5) is 12.5. The molecule has 110 valence electrons. The number of halogens is 1. The summed E-state index contributed by atoms with van der Waals surface area (Å²) in [5.74, 6) is 0.583. The average Bonchev–Trinajstić information content (AvgIpc) is 2.50. The lowest BCUT2D eigenvalue weighted by atomic mass is 10.2. The minimum atomic E-state index is 0.105. The van der Waals surface area contributed by atoms with E-state index in [0.717, 1.165) is 12.1 Å². The number of nitrogens with two attached hydrogens (primary N) is 1. The van der Waals surface area contributed by atoms with Crippen LogP contribution in [-0.2, 0) is 9.53 Å². The van der Waals surface area contributed by atoms with Gasteiger partial charge in [0.2, 0.25) is 6.41 Å². The number of nitrogens with zero attached hydrogens (tertiary/aromatic N) is 1. The number of amides is 1. The lowest BCUT2D eigenvalue weighted by Gasteiger charge is -2.17. The first-order valence-electron chi connectivity index (χ1n) is 6.17. The second-order valence-corrected chi connectivity index (χ2v) is 4.05. The van der Waals surface area contributed by atoms with Gasteiger partial charge >= 0.3 is 0 Å². The van der Waals surface area contributed by atoms with Crippen LogP contribution in [0.3, 0.4) is 0 Å². The maximum absolute atomic E-state index is 12.3. The molecule has 0 unspecified atom stereocenters. The Hall–Kier alpha value is -1.92. The van der Waals surface area contributed by atoms with Crippen molar-refractivity contribution in [1.29, 1.82) is 0 Å². The van der Waals surface area contributed by atoms with E-state index in [0.29, 0.717) is 30.8 Å². The standard InChI is InChI=1S/C14H19FN2O3/c1-19-7-6-17(11-18)13-2-4-14(5-3-13)20-10-12(8-15)9-16/h2-5,8,11H,6-7,9-10,16H2,1H3/b12-8-. The third kappa shape index (κ3) is 4.99. The van der Waals surface area contributed by atoms with Crippen LogP contribution in [0.1, 0.15) is 0 Å². The van der Waals surface area contributed by atoms with Gasteiger partial charge in [0, 0.05) is 31.5 Å². The van der Waals surface area contributed by atoms with Gasteiger partial charge in [-0.2, -0.15) is 0 Å². The van der Waals surface area contributed by atoms with Crippen molar-refractivity contribution in [3.05, 3.63) is 36.2 Å². The molecule has 0 heterocycles. The second kappa shape index (κ2) is 9.06. The fourth-order valence-corrected chi connectivity index (χ4v) is 1.48. The summed E-state index contributed by atoms with van der Waals surface area (Å²) in [5.41, 5.74) is 6.45. The van der Waals surface area contributed by atoms with E-state index >= 15 is 0 Å². The zero-order valence-corrected chi connectivity index (χ0v) is 11.4. The largest absolute Gasteiger partial charge is 0.489 e. The van der Waals surface area contributed by atoms with Crippen LogP contribution in [0.2, 0.25) is 0 Å². The van der Waals surface area contributed by atoms with Crippen LogP contribution in [0.15, 0.2) is 36.2 Å². The Morgan fingerprint density at radius 3 is 2.60 bits per heavy atom. The lowest BCUT2D eigenvalue weighted by Crippen LogP contribution is -2.25. The van der Waals surface area contributed by atoms with E-state index in [9.17, 15) is 9.18 Å². The van der Waals surface area contributed by atoms with Gasteiger partial charge in [-0.05, 0) is 24.3 Å². The lowest BCUT2D eigenvalue weighted by molar-refractivity contribution is -0.107. The van der Waals surface area contributed by atoms with Gasteiger partial charge in [0.25, 0.3) is 0 Å². The van der Waals surface area contributed by atoms with Crippen LogP contribution in [0.4, 0.5) is 10.1 Å². The second-order valence-electron chi connectivity index (χ2n) is 4.05. The summed E-state index contributed by atoms with van der Waals surface area (Å²) in [6, 6.07) is 6.93. The van der Waals surface area contributed by atoms with Crippen LogP contribution < -0.4 is 15.4 Å².